The third-order valence-electron chi connectivity index (χ3n) is 5.43. The number of aryl methyl sites for hydroxylation is 1. The van der Waals surface area contributed by atoms with Crippen molar-refractivity contribution in [2.24, 2.45) is 5.92 Å². The largest absolute Gasteiger partial charge is 0.483 e. The van der Waals surface area contributed by atoms with Crippen LogP contribution in [0.15, 0.2) is 66.7 Å². The maximum Gasteiger partial charge on any atom is 0.261 e. The highest BCUT2D eigenvalue weighted by Crippen LogP contribution is 2.25. The second-order valence-corrected chi connectivity index (χ2v) is 8.59. The Kier molecular flexibility index (Phi) is 7.87. The molecule has 3 rings (SSSR count). The Hall–Kier alpha value is -3.34. The van der Waals surface area contributed by atoms with Gasteiger partial charge in [-0.05, 0) is 36.8 Å². The summed E-state index contributed by atoms with van der Waals surface area (Å²) in [7, 11) is 0. The lowest BCUT2D eigenvalue weighted by Crippen LogP contribution is -2.49. The highest BCUT2D eigenvalue weighted by Gasteiger charge is 2.26. The van der Waals surface area contributed by atoms with Crippen LogP contribution in [0.3, 0.4) is 0 Å². The Morgan fingerprint density at radius 1 is 0.938 bits per heavy atom. The van der Waals surface area contributed by atoms with Gasteiger partial charge in [0.1, 0.15) is 11.8 Å². The molecule has 0 aliphatic carbocycles. The standard InChI is InChI=1S/C27H32N2O3/c1-19(2)16-28-27(31)21(4)29(17-22-14-12-20(3)13-15-22)26(30)18-32-25-11-7-9-23-8-5-6-10-24(23)25/h5-15,19,21H,16-18H2,1-4H3,(H,28,31). The van der Waals surface area contributed by atoms with Crippen molar-refractivity contribution in [1.29, 1.82) is 0 Å². The van der Waals surface area contributed by atoms with Crippen LogP contribution in [0.2, 0.25) is 0 Å². The van der Waals surface area contributed by atoms with E-state index in [1.807, 2.05) is 87.5 Å². The molecule has 3 aromatic carbocycles. The van der Waals surface area contributed by atoms with Crippen molar-refractivity contribution in [3.05, 3.63) is 77.9 Å². The number of hydrogen-bond acceptors (Lipinski definition) is 3. The first-order chi connectivity index (χ1) is 15.3. The van der Waals surface area contributed by atoms with Crippen LogP contribution in [0.4, 0.5) is 0 Å². The number of ether oxygens (including phenoxy) is 1. The Balaban J connectivity index is 1.76. The fourth-order valence-electron chi connectivity index (χ4n) is 3.47. The van der Waals surface area contributed by atoms with Crippen LogP contribution in [0.1, 0.15) is 31.9 Å². The fraction of sp³-hybridized carbons (Fsp3) is 0.333. The lowest BCUT2D eigenvalue weighted by atomic mass is 10.1. The molecule has 0 saturated carbocycles. The minimum absolute atomic E-state index is 0.137. The average Bonchev–Trinajstić information content (AvgIpc) is 2.80. The smallest absolute Gasteiger partial charge is 0.261 e. The normalized spacial score (nSPS) is 11.9. The van der Waals surface area contributed by atoms with Crippen LogP contribution >= 0.6 is 0 Å². The van der Waals surface area contributed by atoms with Crippen LogP contribution in [-0.2, 0) is 16.1 Å². The van der Waals surface area contributed by atoms with Crippen LogP contribution in [0.25, 0.3) is 10.8 Å². The van der Waals surface area contributed by atoms with E-state index >= 15 is 0 Å². The van der Waals surface area contributed by atoms with Crippen LogP contribution in [0.5, 0.6) is 5.75 Å². The van der Waals surface area contributed by atoms with Gasteiger partial charge in [-0.3, -0.25) is 9.59 Å². The van der Waals surface area contributed by atoms with Crippen LogP contribution in [-0.4, -0.2) is 35.9 Å². The number of benzene rings is 3. The predicted molar refractivity (Wildman–Crippen MR) is 128 cm³/mol. The van der Waals surface area contributed by atoms with Crippen molar-refractivity contribution in [1.82, 2.24) is 10.2 Å². The SMILES string of the molecule is Cc1ccc(CN(C(=O)COc2cccc3ccccc23)C(C)C(=O)NCC(C)C)cc1. The van der Waals surface area contributed by atoms with Crippen molar-refractivity contribution >= 4 is 22.6 Å². The van der Waals surface area contributed by atoms with E-state index in [2.05, 4.69) is 5.32 Å². The van der Waals surface area contributed by atoms with E-state index in [0.29, 0.717) is 24.8 Å². The maximum atomic E-state index is 13.2. The molecule has 0 aromatic heterocycles. The number of rotatable bonds is 9. The topological polar surface area (TPSA) is 58.6 Å². The molecule has 0 heterocycles. The number of hydrogen-bond donors (Lipinski definition) is 1. The van der Waals surface area contributed by atoms with E-state index in [4.69, 9.17) is 4.74 Å². The van der Waals surface area contributed by atoms with Gasteiger partial charge in [-0.1, -0.05) is 80.1 Å². The lowest BCUT2D eigenvalue weighted by Gasteiger charge is -2.29. The van der Waals surface area contributed by atoms with E-state index in [-0.39, 0.29) is 18.4 Å². The summed E-state index contributed by atoms with van der Waals surface area (Å²) < 4.78 is 5.92. The number of nitrogens with one attached hydrogen (secondary N) is 1. The van der Waals surface area contributed by atoms with E-state index < -0.39 is 6.04 Å². The van der Waals surface area contributed by atoms with Gasteiger partial charge < -0.3 is 15.0 Å². The van der Waals surface area contributed by atoms with Crippen molar-refractivity contribution in [2.45, 2.75) is 40.3 Å². The predicted octanol–water partition coefficient (Wildman–Crippen LogP) is 4.72. The molecule has 0 radical (unpaired) electrons. The molecule has 32 heavy (non-hydrogen) atoms. The summed E-state index contributed by atoms with van der Waals surface area (Å²) in [5, 5.41) is 4.94. The van der Waals surface area contributed by atoms with Gasteiger partial charge in [-0.25, -0.2) is 0 Å². The van der Waals surface area contributed by atoms with Gasteiger partial charge in [0, 0.05) is 18.5 Å². The molecule has 0 fully saturated rings. The van der Waals surface area contributed by atoms with Crippen molar-refractivity contribution in [3.63, 3.8) is 0 Å². The molecule has 1 atom stereocenters. The summed E-state index contributed by atoms with van der Waals surface area (Å²) in [5.41, 5.74) is 2.12. The number of carbonyl (C=O) groups excluding carboxylic acids is 2. The van der Waals surface area contributed by atoms with Gasteiger partial charge >= 0.3 is 0 Å². The van der Waals surface area contributed by atoms with Gasteiger partial charge in [0.05, 0.1) is 0 Å². The molecular formula is C27H32N2O3. The van der Waals surface area contributed by atoms with Gasteiger partial charge in [0.15, 0.2) is 6.61 Å². The summed E-state index contributed by atoms with van der Waals surface area (Å²) in [6, 6.07) is 21.1. The Morgan fingerprint density at radius 2 is 1.62 bits per heavy atom. The van der Waals surface area contributed by atoms with Crippen LogP contribution in [0, 0.1) is 12.8 Å². The highest BCUT2D eigenvalue weighted by atomic mass is 16.5. The van der Waals surface area contributed by atoms with E-state index in [9.17, 15) is 9.59 Å². The first-order valence-electron chi connectivity index (χ1n) is 11.1. The van der Waals surface area contributed by atoms with Crippen molar-refractivity contribution in [3.8, 4) is 5.75 Å². The lowest BCUT2D eigenvalue weighted by molar-refractivity contribution is -0.142. The molecule has 5 heteroatoms. The van der Waals surface area contributed by atoms with E-state index in [0.717, 1.165) is 21.9 Å². The molecule has 1 unspecified atom stereocenters. The monoisotopic (exact) mass is 432 g/mol. The summed E-state index contributed by atoms with van der Waals surface area (Å²) in [5.74, 6) is 0.598. The molecule has 0 saturated heterocycles. The first kappa shape index (κ1) is 23.3. The zero-order valence-electron chi connectivity index (χ0n) is 19.3. The van der Waals surface area contributed by atoms with E-state index in [1.165, 1.54) is 0 Å². The number of nitrogens with zero attached hydrogens (tertiary/aromatic N) is 1. The summed E-state index contributed by atoms with van der Waals surface area (Å²) in [6.45, 7) is 8.64. The van der Waals surface area contributed by atoms with E-state index in [1.54, 1.807) is 11.8 Å². The molecule has 1 N–H and O–H groups in total. The summed E-state index contributed by atoms with van der Waals surface area (Å²) in [4.78, 5) is 27.6. The first-order valence-corrected chi connectivity index (χ1v) is 11.1. The van der Waals surface area contributed by atoms with Crippen molar-refractivity contribution in [2.75, 3.05) is 13.2 Å². The third-order valence-corrected chi connectivity index (χ3v) is 5.43. The quantitative estimate of drug-likeness (QED) is 0.532. The highest BCUT2D eigenvalue weighted by molar-refractivity contribution is 5.90. The Labute approximate surface area is 190 Å². The Bertz CT molecular complexity index is 1050. The third kappa shape index (κ3) is 6.10. The zero-order chi connectivity index (χ0) is 23.1. The maximum absolute atomic E-state index is 13.2. The Morgan fingerprint density at radius 3 is 2.34 bits per heavy atom. The van der Waals surface area contributed by atoms with Gasteiger partial charge in [0.2, 0.25) is 5.91 Å². The molecular weight excluding hydrogens is 400 g/mol. The molecule has 3 aromatic rings. The number of amides is 2. The van der Waals surface area contributed by atoms with Crippen molar-refractivity contribution < 1.29 is 14.3 Å². The summed E-state index contributed by atoms with van der Waals surface area (Å²) in [6.07, 6.45) is 0. The molecule has 0 spiro atoms. The minimum Gasteiger partial charge on any atom is -0.483 e. The molecule has 2 amide bonds. The van der Waals surface area contributed by atoms with Gasteiger partial charge in [-0.2, -0.15) is 0 Å². The molecule has 168 valence electrons. The minimum atomic E-state index is -0.612. The molecule has 5 nitrogen and oxygen atoms in total. The summed E-state index contributed by atoms with van der Waals surface area (Å²) >= 11 is 0. The molecule has 0 aliphatic heterocycles. The number of carbonyl (C=O) groups is 2. The molecule has 0 aliphatic rings. The average molecular weight is 433 g/mol. The van der Waals surface area contributed by atoms with Crippen LogP contribution < -0.4 is 10.1 Å². The van der Waals surface area contributed by atoms with Gasteiger partial charge in [-0.15, -0.1) is 0 Å². The van der Waals surface area contributed by atoms with Gasteiger partial charge in [0.25, 0.3) is 5.91 Å². The number of fused-ring (bicyclic) bond motifs is 1. The molecule has 0 bridgehead atoms. The second kappa shape index (κ2) is 10.8. The fourth-order valence-corrected chi connectivity index (χ4v) is 3.47. The zero-order valence-corrected chi connectivity index (χ0v) is 19.3. The second-order valence-electron chi connectivity index (χ2n) is 8.59.